The summed E-state index contributed by atoms with van der Waals surface area (Å²) in [4.78, 5) is 8.93. The first-order chi connectivity index (χ1) is 11.7. The molecule has 3 N–H and O–H groups in total. The second-order valence-electron chi connectivity index (χ2n) is 5.54. The van der Waals surface area contributed by atoms with Gasteiger partial charge in [-0.15, -0.1) is 0 Å². The van der Waals surface area contributed by atoms with E-state index in [1.807, 2.05) is 60.0 Å². The van der Waals surface area contributed by atoms with Gasteiger partial charge in [-0.25, -0.2) is 9.98 Å². The smallest absolute Gasteiger partial charge is 0.193 e. The lowest BCUT2D eigenvalue weighted by molar-refractivity contribution is 0.185. The Labute approximate surface area is 141 Å². The second kappa shape index (κ2) is 7.14. The molecular weight excluding hydrogens is 302 g/mol. The third kappa shape index (κ3) is 3.55. The zero-order valence-corrected chi connectivity index (χ0v) is 13.9. The summed E-state index contributed by atoms with van der Waals surface area (Å²) in [5, 5.41) is 3.12. The van der Waals surface area contributed by atoms with Gasteiger partial charge in [0.05, 0.1) is 18.8 Å². The average molecular weight is 323 g/mol. The molecule has 0 atom stereocenters. The van der Waals surface area contributed by atoms with Crippen molar-refractivity contribution in [3.63, 3.8) is 0 Å². The van der Waals surface area contributed by atoms with Crippen LogP contribution >= 0.6 is 0 Å². The highest BCUT2D eigenvalue weighted by Crippen LogP contribution is 2.15. The molecule has 3 rings (SSSR count). The number of pyridine rings is 1. The van der Waals surface area contributed by atoms with E-state index >= 15 is 0 Å². The van der Waals surface area contributed by atoms with Crippen LogP contribution in [-0.2, 0) is 17.9 Å². The first-order valence-electron chi connectivity index (χ1n) is 7.75. The summed E-state index contributed by atoms with van der Waals surface area (Å²) in [6.45, 7) is 2.99. The normalized spacial score (nSPS) is 11.8. The molecule has 124 valence electrons. The number of ether oxygens (including phenoxy) is 1. The van der Waals surface area contributed by atoms with Gasteiger partial charge in [0.25, 0.3) is 0 Å². The van der Waals surface area contributed by atoms with Crippen molar-refractivity contribution in [1.29, 1.82) is 0 Å². The molecule has 0 aliphatic heterocycles. The number of aryl methyl sites for hydroxylation is 1. The number of para-hydroxylation sites is 1. The molecule has 0 fully saturated rings. The fourth-order valence-corrected chi connectivity index (χ4v) is 2.54. The lowest BCUT2D eigenvalue weighted by Crippen LogP contribution is -2.23. The highest BCUT2D eigenvalue weighted by Gasteiger charge is 2.04. The van der Waals surface area contributed by atoms with Crippen LogP contribution in [0.25, 0.3) is 5.65 Å². The van der Waals surface area contributed by atoms with Crippen molar-refractivity contribution < 1.29 is 4.74 Å². The largest absolute Gasteiger partial charge is 0.380 e. The van der Waals surface area contributed by atoms with Gasteiger partial charge in [0.1, 0.15) is 5.65 Å². The maximum absolute atomic E-state index is 6.01. The molecule has 0 bridgehead atoms. The molecule has 0 aliphatic rings. The predicted molar refractivity (Wildman–Crippen MR) is 96.0 cm³/mol. The number of rotatable bonds is 5. The first kappa shape index (κ1) is 16.0. The highest BCUT2D eigenvalue weighted by atomic mass is 16.5. The fraction of sp³-hybridized carbons (Fsp3) is 0.222. The number of nitrogens with one attached hydrogen (secondary N) is 1. The molecule has 0 saturated heterocycles. The van der Waals surface area contributed by atoms with Gasteiger partial charge >= 0.3 is 0 Å². The Morgan fingerprint density at radius 3 is 2.88 bits per heavy atom. The number of guanidine groups is 1. The molecule has 2 aromatic heterocycles. The minimum absolute atomic E-state index is 0.354. The number of nitrogens with two attached hydrogens (primary N) is 1. The van der Waals surface area contributed by atoms with E-state index in [0.29, 0.717) is 19.1 Å². The van der Waals surface area contributed by atoms with Crippen molar-refractivity contribution in [3.05, 3.63) is 65.6 Å². The number of anilines is 1. The van der Waals surface area contributed by atoms with Gasteiger partial charge in [0, 0.05) is 30.3 Å². The van der Waals surface area contributed by atoms with E-state index in [9.17, 15) is 0 Å². The molecule has 2 heterocycles. The van der Waals surface area contributed by atoms with E-state index in [1.165, 1.54) is 0 Å². The van der Waals surface area contributed by atoms with Crippen LogP contribution in [0.5, 0.6) is 0 Å². The molecule has 0 aliphatic carbocycles. The van der Waals surface area contributed by atoms with Crippen molar-refractivity contribution in [2.75, 3.05) is 12.4 Å². The Hall–Kier alpha value is -2.86. The van der Waals surface area contributed by atoms with Gasteiger partial charge in [-0.1, -0.05) is 24.3 Å². The Balaban J connectivity index is 1.73. The SMILES string of the molecule is COCc1ccccc1NC(N)=NCc1cn2c(C)cccc2n1. The summed E-state index contributed by atoms with van der Waals surface area (Å²) in [5.74, 6) is 0.354. The van der Waals surface area contributed by atoms with Gasteiger partial charge in [-0.3, -0.25) is 0 Å². The van der Waals surface area contributed by atoms with Crippen LogP contribution in [-0.4, -0.2) is 22.5 Å². The summed E-state index contributed by atoms with van der Waals surface area (Å²) in [5.41, 5.74) is 10.9. The van der Waals surface area contributed by atoms with E-state index in [-0.39, 0.29) is 0 Å². The predicted octanol–water partition coefficient (Wildman–Crippen LogP) is 2.72. The molecule has 1 aromatic carbocycles. The summed E-state index contributed by atoms with van der Waals surface area (Å²) < 4.78 is 7.23. The van der Waals surface area contributed by atoms with E-state index in [2.05, 4.69) is 15.3 Å². The number of aromatic nitrogens is 2. The summed E-state index contributed by atoms with van der Waals surface area (Å²) >= 11 is 0. The first-order valence-corrected chi connectivity index (χ1v) is 7.75. The standard InChI is InChI=1S/C18H21N5O/c1-13-6-5-9-17-21-15(11-23(13)17)10-20-18(19)22-16-8-4-3-7-14(16)12-24-2/h3-9,11H,10,12H2,1-2H3,(H3,19,20,22). The minimum atomic E-state index is 0.354. The van der Waals surface area contributed by atoms with Crippen LogP contribution in [0.2, 0.25) is 0 Å². The molecular formula is C18H21N5O. The van der Waals surface area contributed by atoms with Gasteiger partial charge in [0.2, 0.25) is 0 Å². The third-order valence-corrected chi connectivity index (χ3v) is 3.74. The van der Waals surface area contributed by atoms with Crippen molar-refractivity contribution >= 4 is 17.3 Å². The molecule has 0 saturated carbocycles. The van der Waals surface area contributed by atoms with Crippen molar-refractivity contribution in [1.82, 2.24) is 9.38 Å². The number of hydrogen-bond donors (Lipinski definition) is 2. The molecule has 6 heteroatoms. The molecule has 3 aromatic rings. The second-order valence-corrected chi connectivity index (χ2v) is 5.54. The third-order valence-electron chi connectivity index (χ3n) is 3.74. The van der Waals surface area contributed by atoms with Gasteiger partial charge in [-0.2, -0.15) is 0 Å². The Morgan fingerprint density at radius 1 is 1.25 bits per heavy atom. The molecule has 0 amide bonds. The number of aliphatic imine (C=N–C) groups is 1. The lowest BCUT2D eigenvalue weighted by Gasteiger charge is -2.10. The Bertz CT molecular complexity index is 869. The van der Waals surface area contributed by atoms with Gasteiger partial charge in [0.15, 0.2) is 5.96 Å². The highest BCUT2D eigenvalue weighted by molar-refractivity contribution is 5.92. The molecule has 6 nitrogen and oxygen atoms in total. The lowest BCUT2D eigenvalue weighted by atomic mass is 10.2. The zero-order chi connectivity index (χ0) is 16.9. The number of fused-ring (bicyclic) bond motifs is 1. The zero-order valence-electron chi connectivity index (χ0n) is 13.9. The maximum Gasteiger partial charge on any atom is 0.193 e. The Morgan fingerprint density at radius 2 is 2.08 bits per heavy atom. The topological polar surface area (TPSA) is 76.9 Å². The number of imidazole rings is 1. The minimum Gasteiger partial charge on any atom is -0.380 e. The summed E-state index contributed by atoms with van der Waals surface area (Å²) in [6, 6.07) is 13.9. The number of hydrogen-bond acceptors (Lipinski definition) is 3. The van der Waals surface area contributed by atoms with Crippen LogP contribution in [0.1, 0.15) is 17.0 Å². The van der Waals surface area contributed by atoms with E-state index in [1.54, 1.807) is 7.11 Å². The van der Waals surface area contributed by atoms with E-state index in [0.717, 1.165) is 28.3 Å². The van der Waals surface area contributed by atoms with Crippen LogP contribution in [0.3, 0.4) is 0 Å². The molecule has 0 radical (unpaired) electrons. The summed E-state index contributed by atoms with van der Waals surface area (Å²) in [7, 11) is 1.67. The van der Waals surface area contributed by atoms with Gasteiger partial charge < -0.3 is 20.2 Å². The van der Waals surface area contributed by atoms with Crippen LogP contribution in [0.4, 0.5) is 5.69 Å². The number of methoxy groups -OCH3 is 1. The van der Waals surface area contributed by atoms with E-state index < -0.39 is 0 Å². The van der Waals surface area contributed by atoms with E-state index in [4.69, 9.17) is 10.5 Å². The Kier molecular flexibility index (Phi) is 4.77. The van der Waals surface area contributed by atoms with Crippen molar-refractivity contribution in [3.8, 4) is 0 Å². The number of nitrogens with zero attached hydrogens (tertiary/aromatic N) is 3. The average Bonchev–Trinajstić information content (AvgIpc) is 3.00. The molecule has 0 unspecified atom stereocenters. The van der Waals surface area contributed by atoms with Crippen LogP contribution < -0.4 is 11.1 Å². The van der Waals surface area contributed by atoms with Crippen LogP contribution in [0, 0.1) is 6.92 Å². The maximum atomic E-state index is 6.01. The quantitative estimate of drug-likeness (QED) is 0.559. The van der Waals surface area contributed by atoms with Crippen molar-refractivity contribution in [2.45, 2.75) is 20.1 Å². The summed E-state index contributed by atoms with van der Waals surface area (Å²) in [6.07, 6.45) is 1.99. The number of benzene rings is 1. The van der Waals surface area contributed by atoms with Crippen LogP contribution in [0.15, 0.2) is 53.7 Å². The molecule has 24 heavy (non-hydrogen) atoms. The van der Waals surface area contributed by atoms with Crippen molar-refractivity contribution in [2.24, 2.45) is 10.7 Å². The van der Waals surface area contributed by atoms with Gasteiger partial charge in [-0.05, 0) is 25.1 Å². The monoisotopic (exact) mass is 323 g/mol. The fourth-order valence-electron chi connectivity index (χ4n) is 2.54. The molecule has 0 spiro atoms.